The van der Waals surface area contributed by atoms with E-state index >= 15 is 0 Å². The molecule has 1 aromatic carbocycles. The molecule has 16 heavy (non-hydrogen) atoms. The van der Waals surface area contributed by atoms with Crippen LogP contribution in [0.15, 0.2) is 30.4 Å². The Bertz CT molecular complexity index is 500. The normalized spacial score (nSPS) is 37.5. The van der Waals surface area contributed by atoms with Crippen LogP contribution in [0.5, 0.6) is 0 Å². The lowest BCUT2D eigenvalue weighted by Gasteiger charge is -2.20. The standard InChI is InChI=1S/C15H14O/c16-8-11-2-1-3-12-13(11)7-14-9-4-5-10(6-9)15(12)14/h1-5,8-10,14-15H,6-7H2. The first kappa shape index (κ1) is 8.74. The lowest BCUT2D eigenvalue weighted by molar-refractivity contribution is 0.112. The Morgan fingerprint density at radius 1 is 1.19 bits per heavy atom. The molecule has 0 aromatic heterocycles. The quantitative estimate of drug-likeness (QED) is 0.514. The zero-order valence-corrected chi connectivity index (χ0v) is 9.10. The van der Waals surface area contributed by atoms with Gasteiger partial charge in [-0.2, -0.15) is 0 Å². The lowest BCUT2D eigenvalue weighted by atomic mass is 9.84. The second-order valence-corrected chi connectivity index (χ2v) is 5.37. The number of carbonyl (C=O) groups is 1. The van der Waals surface area contributed by atoms with Crippen molar-refractivity contribution in [3.05, 3.63) is 47.0 Å². The Labute approximate surface area is 95.2 Å². The molecule has 1 fully saturated rings. The largest absolute Gasteiger partial charge is 0.298 e. The second kappa shape index (κ2) is 2.85. The fourth-order valence-electron chi connectivity index (χ4n) is 4.18. The minimum atomic E-state index is 0.713. The number of hydrogen-bond acceptors (Lipinski definition) is 1. The van der Waals surface area contributed by atoms with Gasteiger partial charge in [-0.05, 0) is 47.6 Å². The van der Waals surface area contributed by atoms with Crippen molar-refractivity contribution in [3.63, 3.8) is 0 Å². The summed E-state index contributed by atoms with van der Waals surface area (Å²) in [4.78, 5) is 11.0. The molecule has 3 aliphatic carbocycles. The van der Waals surface area contributed by atoms with Crippen LogP contribution in [0.1, 0.15) is 33.8 Å². The molecule has 0 saturated heterocycles. The number of carbonyl (C=O) groups excluding carboxylic acids is 1. The highest BCUT2D eigenvalue weighted by molar-refractivity contribution is 5.78. The summed E-state index contributed by atoms with van der Waals surface area (Å²) in [5.74, 6) is 3.02. The molecule has 80 valence electrons. The minimum Gasteiger partial charge on any atom is -0.298 e. The maximum Gasteiger partial charge on any atom is 0.150 e. The summed E-state index contributed by atoms with van der Waals surface area (Å²) >= 11 is 0. The molecule has 0 aliphatic heterocycles. The van der Waals surface area contributed by atoms with Gasteiger partial charge in [-0.3, -0.25) is 4.79 Å². The Morgan fingerprint density at radius 2 is 2.06 bits per heavy atom. The van der Waals surface area contributed by atoms with Crippen LogP contribution in [0.25, 0.3) is 0 Å². The molecule has 1 nitrogen and oxygen atoms in total. The van der Waals surface area contributed by atoms with Gasteiger partial charge in [-0.25, -0.2) is 0 Å². The van der Waals surface area contributed by atoms with Gasteiger partial charge in [0, 0.05) is 5.56 Å². The summed E-state index contributed by atoms with van der Waals surface area (Å²) in [5.41, 5.74) is 3.73. The third kappa shape index (κ3) is 0.897. The van der Waals surface area contributed by atoms with Crippen LogP contribution in [-0.4, -0.2) is 6.29 Å². The number of aldehydes is 1. The van der Waals surface area contributed by atoms with E-state index in [0.29, 0.717) is 5.92 Å². The zero-order valence-electron chi connectivity index (χ0n) is 9.10. The van der Waals surface area contributed by atoms with Crippen molar-refractivity contribution < 1.29 is 4.79 Å². The smallest absolute Gasteiger partial charge is 0.150 e. The first-order chi connectivity index (χ1) is 7.88. The van der Waals surface area contributed by atoms with E-state index in [0.717, 1.165) is 36.0 Å². The summed E-state index contributed by atoms with van der Waals surface area (Å²) < 4.78 is 0. The van der Waals surface area contributed by atoms with Crippen LogP contribution in [0.2, 0.25) is 0 Å². The molecule has 0 spiro atoms. The van der Waals surface area contributed by atoms with Crippen molar-refractivity contribution in [2.45, 2.75) is 18.8 Å². The first-order valence-electron chi connectivity index (χ1n) is 6.14. The maximum atomic E-state index is 11.0. The Morgan fingerprint density at radius 3 is 2.94 bits per heavy atom. The molecule has 4 atom stereocenters. The summed E-state index contributed by atoms with van der Waals surface area (Å²) in [5, 5.41) is 0. The van der Waals surface area contributed by atoms with E-state index in [9.17, 15) is 4.79 Å². The van der Waals surface area contributed by atoms with Crippen LogP contribution >= 0.6 is 0 Å². The van der Waals surface area contributed by atoms with Gasteiger partial charge in [0.25, 0.3) is 0 Å². The predicted molar refractivity (Wildman–Crippen MR) is 62.5 cm³/mol. The van der Waals surface area contributed by atoms with Crippen molar-refractivity contribution >= 4 is 6.29 Å². The Balaban J connectivity index is 1.89. The molecule has 0 radical (unpaired) electrons. The van der Waals surface area contributed by atoms with Gasteiger partial charge >= 0.3 is 0 Å². The highest BCUT2D eigenvalue weighted by atomic mass is 16.1. The molecule has 4 rings (SSSR count). The molecular formula is C15H14O. The van der Waals surface area contributed by atoms with Crippen molar-refractivity contribution in [3.8, 4) is 0 Å². The Kier molecular flexibility index (Phi) is 1.56. The van der Waals surface area contributed by atoms with E-state index in [4.69, 9.17) is 0 Å². The van der Waals surface area contributed by atoms with Gasteiger partial charge < -0.3 is 0 Å². The van der Waals surface area contributed by atoms with Crippen LogP contribution in [0.3, 0.4) is 0 Å². The Hall–Kier alpha value is -1.37. The number of fused-ring (bicyclic) bond motifs is 7. The number of rotatable bonds is 1. The fourth-order valence-corrected chi connectivity index (χ4v) is 4.18. The first-order valence-corrected chi connectivity index (χ1v) is 6.14. The van der Waals surface area contributed by atoms with Crippen molar-refractivity contribution in [1.29, 1.82) is 0 Å². The van der Waals surface area contributed by atoms with Crippen LogP contribution in [0.4, 0.5) is 0 Å². The molecule has 0 amide bonds. The molecule has 3 aliphatic rings. The van der Waals surface area contributed by atoms with E-state index in [1.54, 1.807) is 0 Å². The van der Waals surface area contributed by atoms with E-state index < -0.39 is 0 Å². The predicted octanol–water partition coefficient (Wildman–Crippen LogP) is 2.96. The SMILES string of the molecule is O=Cc1cccc2c1CC1C3C=CC(C3)C21. The molecular weight excluding hydrogens is 196 g/mol. The maximum absolute atomic E-state index is 11.0. The summed E-state index contributed by atoms with van der Waals surface area (Å²) in [6.07, 6.45) is 8.29. The van der Waals surface area contributed by atoms with E-state index in [-0.39, 0.29) is 0 Å². The summed E-state index contributed by atoms with van der Waals surface area (Å²) in [6, 6.07) is 6.24. The monoisotopic (exact) mass is 210 g/mol. The second-order valence-electron chi connectivity index (χ2n) is 5.37. The molecule has 0 N–H and O–H groups in total. The van der Waals surface area contributed by atoms with Gasteiger partial charge in [0.15, 0.2) is 0 Å². The van der Waals surface area contributed by atoms with Gasteiger partial charge in [0.2, 0.25) is 0 Å². The number of benzene rings is 1. The summed E-state index contributed by atoms with van der Waals surface area (Å²) in [6.45, 7) is 0. The van der Waals surface area contributed by atoms with Crippen molar-refractivity contribution in [2.75, 3.05) is 0 Å². The molecule has 2 bridgehead atoms. The molecule has 4 unspecified atom stereocenters. The zero-order chi connectivity index (χ0) is 10.7. The summed E-state index contributed by atoms with van der Waals surface area (Å²) in [7, 11) is 0. The molecule has 1 heteroatoms. The molecule has 1 aromatic rings. The van der Waals surface area contributed by atoms with Crippen molar-refractivity contribution in [2.24, 2.45) is 17.8 Å². The number of hydrogen-bond donors (Lipinski definition) is 0. The van der Waals surface area contributed by atoms with Gasteiger partial charge in [-0.1, -0.05) is 30.4 Å². The third-order valence-corrected chi connectivity index (χ3v) is 4.80. The van der Waals surface area contributed by atoms with Crippen molar-refractivity contribution in [1.82, 2.24) is 0 Å². The highest BCUT2D eigenvalue weighted by Gasteiger charge is 2.49. The fraction of sp³-hybridized carbons (Fsp3) is 0.400. The van der Waals surface area contributed by atoms with E-state index in [1.165, 1.54) is 17.5 Å². The van der Waals surface area contributed by atoms with E-state index in [1.807, 2.05) is 12.1 Å². The molecule has 1 saturated carbocycles. The lowest BCUT2D eigenvalue weighted by Crippen LogP contribution is -2.12. The average Bonchev–Trinajstić information content (AvgIpc) is 2.98. The van der Waals surface area contributed by atoms with Gasteiger partial charge in [-0.15, -0.1) is 0 Å². The van der Waals surface area contributed by atoms with E-state index in [2.05, 4.69) is 18.2 Å². The average molecular weight is 210 g/mol. The van der Waals surface area contributed by atoms with Gasteiger partial charge in [0.05, 0.1) is 0 Å². The highest BCUT2D eigenvalue weighted by Crippen LogP contribution is 2.58. The topological polar surface area (TPSA) is 17.1 Å². The van der Waals surface area contributed by atoms with Crippen LogP contribution < -0.4 is 0 Å². The van der Waals surface area contributed by atoms with Crippen LogP contribution in [0, 0.1) is 17.8 Å². The van der Waals surface area contributed by atoms with Gasteiger partial charge in [0.1, 0.15) is 6.29 Å². The number of allylic oxidation sites excluding steroid dienone is 2. The van der Waals surface area contributed by atoms with Crippen LogP contribution in [-0.2, 0) is 6.42 Å². The third-order valence-electron chi connectivity index (χ3n) is 4.80. The minimum absolute atomic E-state index is 0.713. The molecule has 0 heterocycles.